The first-order valence-electron chi connectivity index (χ1n) is 5.72. The van der Waals surface area contributed by atoms with Crippen LogP contribution in [-0.4, -0.2) is 24.0 Å². The fraction of sp³-hybridized carbons (Fsp3) is 0.308. The number of hydrogen-bond donors (Lipinski definition) is 1. The van der Waals surface area contributed by atoms with Crippen LogP contribution in [-0.2, 0) is 13.1 Å². The molecule has 1 aromatic heterocycles. The maximum Gasteiger partial charge on any atom is 0.183 e. The normalized spacial score (nSPS) is 10.9. The van der Waals surface area contributed by atoms with Gasteiger partial charge in [0.25, 0.3) is 0 Å². The van der Waals surface area contributed by atoms with E-state index in [4.69, 9.17) is 11.6 Å². The first-order valence-corrected chi connectivity index (χ1v) is 6.91. The minimum Gasteiger partial charge on any atom is -0.380 e. The Hall–Kier alpha value is -1.10. The van der Waals surface area contributed by atoms with E-state index < -0.39 is 0 Å². The predicted molar refractivity (Wildman–Crippen MR) is 78.3 cm³/mol. The van der Waals surface area contributed by atoms with Crippen molar-refractivity contribution in [2.45, 2.75) is 13.1 Å². The maximum atomic E-state index is 5.82. The Morgan fingerprint density at radius 1 is 1.33 bits per heavy atom. The zero-order chi connectivity index (χ0) is 13.0. The highest BCUT2D eigenvalue weighted by Crippen LogP contribution is 2.21. The molecule has 0 aliphatic heterocycles. The molecule has 1 aromatic carbocycles. The van der Waals surface area contributed by atoms with Gasteiger partial charge >= 0.3 is 0 Å². The lowest BCUT2D eigenvalue weighted by Crippen LogP contribution is -2.12. The first-order chi connectivity index (χ1) is 8.65. The Balaban J connectivity index is 2.04. The number of anilines is 1. The molecular formula is C13H16ClN3S. The number of nitrogens with zero attached hydrogens (tertiary/aromatic N) is 2. The van der Waals surface area contributed by atoms with Crippen LogP contribution in [0.2, 0.25) is 4.47 Å². The van der Waals surface area contributed by atoms with E-state index in [9.17, 15) is 0 Å². The quantitative estimate of drug-likeness (QED) is 0.910. The fourth-order valence-electron chi connectivity index (χ4n) is 1.72. The van der Waals surface area contributed by atoms with E-state index in [0.717, 1.165) is 23.7 Å². The second kappa shape index (κ2) is 6.18. The first kappa shape index (κ1) is 13.3. The summed E-state index contributed by atoms with van der Waals surface area (Å²) in [5.74, 6) is 0. The molecule has 0 saturated heterocycles. The van der Waals surface area contributed by atoms with Crippen molar-refractivity contribution >= 4 is 28.6 Å². The number of aromatic nitrogens is 1. The predicted octanol–water partition coefficient (Wildman–Crippen LogP) is 3.47. The van der Waals surface area contributed by atoms with Crippen LogP contribution >= 0.6 is 22.9 Å². The van der Waals surface area contributed by atoms with Crippen LogP contribution < -0.4 is 5.32 Å². The van der Waals surface area contributed by atoms with E-state index in [2.05, 4.69) is 47.5 Å². The van der Waals surface area contributed by atoms with Crippen molar-refractivity contribution in [2.75, 3.05) is 19.4 Å². The molecule has 0 aliphatic carbocycles. The van der Waals surface area contributed by atoms with Gasteiger partial charge in [-0.1, -0.05) is 29.8 Å². The minimum absolute atomic E-state index is 0.591. The van der Waals surface area contributed by atoms with Crippen LogP contribution in [0.3, 0.4) is 0 Å². The highest BCUT2D eigenvalue weighted by atomic mass is 35.5. The van der Waals surface area contributed by atoms with Crippen LogP contribution in [0.1, 0.15) is 10.4 Å². The number of benzene rings is 1. The average Bonchev–Trinajstić information content (AvgIpc) is 2.73. The van der Waals surface area contributed by atoms with E-state index >= 15 is 0 Å². The molecule has 1 heterocycles. The Bertz CT molecular complexity index is 510. The molecule has 0 fully saturated rings. The van der Waals surface area contributed by atoms with Crippen LogP contribution in [0.25, 0.3) is 0 Å². The van der Waals surface area contributed by atoms with Gasteiger partial charge in [-0.3, -0.25) is 0 Å². The van der Waals surface area contributed by atoms with Gasteiger partial charge in [0.2, 0.25) is 0 Å². The summed E-state index contributed by atoms with van der Waals surface area (Å²) in [5, 5.41) is 3.43. The molecule has 0 unspecified atom stereocenters. The largest absolute Gasteiger partial charge is 0.380 e. The monoisotopic (exact) mass is 281 g/mol. The number of halogens is 1. The van der Waals surface area contributed by atoms with Gasteiger partial charge in [-0.05, 0) is 25.7 Å². The Labute approximate surface area is 116 Å². The number of rotatable bonds is 5. The maximum absolute atomic E-state index is 5.82. The van der Waals surface area contributed by atoms with Crippen LogP contribution in [0.5, 0.6) is 0 Å². The van der Waals surface area contributed by atoms with E-state index in [0.29, 0.717) is 4.47 Å². The molecule has 3 nitrogen and oxygen atoms in total. The van der Waals surface area contributed by atoms with Gasteiger partial charge in [-0.25, -0.2) is 4.98 Å². The SMILES string of the molecule is CN(C)Cc1ccccc1NCc1cnc(Cl)s1. The van der Waals surface area contributed by atoms with Crippen molar-refractivity contribution in [2.24, 2.45) is 0 Å². The highest BCUT2D eigenvalue weighted by Gasteiger charge is 2.04. The van der Waals surface area contributed by atoms with E-state index in [1.54, 1.807) is 0 Å². The molecule has 0 aliphatic rings. The molecule has 5 heteroatoms. The van der Waals surface area contributed by atoms with Crippen molar-refractivity contribution in [1.29, 1.82) is 0 Å². The summed E-state index contributed by atoms with van der Waals surface area (Å²) in [6.45, 7) is 1.68. The molecular weight excluding hydrogens is 266 g/mol. The third-order valence-corrected chi connectivity index (χ3v) is 3.60. The second-order valence-corrected chi connectivity index (χ2v) is 6.03. The molecule has 2 rings (SSSR count). The van der Waals surface area contributed by atoms with Crippen molar-refractivity contribution in [3.8, 4) is 0 Å². The number of para-hydroxylation sites is 1. The lowest BCUT2D eigenvalue weighted by atomic mass is 10.1. The standard InChI is InChI=1S/C13H16ClN3S/c1-17(2)9-10-5-3-4-6-12(10)15-7-11-8-16-13(14)18-11/h3-6,8,15H,7,9H2,1-2H3. The molecule has 96 valence electrons. The van der Waals surface area contributed by atoms with E-state index in [1.165, 1.54) is 16.9 Å². The summed E-state index contributed by atoms with van der Waals surface area (Å²) in [4.78, 5) is 7.33. The summed E-state index contributed by atoms with van der Waals surface area (Å²) in [6.07, 6.45) is 1.81. The zero-order valence-corrected chi connectivity index (χ0v) is 12.1. The van der Waals surface area contributed by atoms with Crippen molar-refractivity contribution < 1.29 is 0 Å². The molecule has 0 amide bonds. The summed E-state index contributed by atoms with van der Waals surface area (Å²) in [7, 11) is 4.14. The van der Waals surface area contributed by atoms with Crippen molar-refractivity contribution in [3.63, 3.8) is 0 Å². The summed E-state index contributed by atoms with van der Waals surface area (Å²) in [6, 6.07) is 8.35. The molecule has 0 bridgehead atoms. The fourth-order valence-corrected chi connectivity index (χ4v) is 2.64. The Morgan fingerprint density at radius 3 is 2.78 bits per heavy atom. The van der Waals surface area contributed by atoms with Crippen LogP contribution in [0.15, 0.2) is 30.5 Å². The lowest BCUT2D eigenvalue weighted by Gasteiger charge is -2.15. The average molecular weight is 282 g/mol. The van der Waals surface area contributed by atoms with Crippen LogP contribution in [0, 0.1) is 0 Å². The lowest BCUT2D eigenvalue weighted by molar-refractivity contribution is 0.403. The van der Waals surface area contributed by atoms with Gasteiger partial charge in [-0.15, -0.1) is 11.3 Å². The summed E-state index contributed by atoms with van der Waals surface area (Å²) < 4.78 is 0.591. The van der Waals surface area contributed by atoms with Gasteiger partial charge in [-0.2, -0.15) is 0 Å². The topological polar surface area (TPSA) is 28.2 Å². The number of hydrogen-bond acceptors (Lipinski definition) is 4. The van der Waals surface area contributed by atoms with Gasteiger partial charge in [0.05, 0.1) is 6.54 Å². The molecule has 18 heavy (non-hydrogen) atoms. The smallest absolute Gasteiger partial charge is 0.183 e. The highest BCUT2D eigenvalue weighted by molar-refractivity contribution is 7.15. The second-order valence-electron chi connectivity index (χ2n) is 4.33. The van der Waals surface area contributed by atoms with E-state index in [1.807, 2.05) is 12.3 Å². The molecule has 1 N–H and O–H groups in total. The van der Waals surface area contributed by atoms with Crippen LogP contribution in [0.4, 0.5) is 5.69 Å². The van der Waals surface area contributed by atoms with Gasteiger partial charge in [0.15, 0.2) is 4.47 Å². The molecule has 0 atom stereocenters. The van der Waals surface area contributed by atoms with Gasteiger partial charge < -0.3 is 10.2 Å². The van der Waals surface area contributed by atoms with Crippen molar-refractivity contribution in [3.05, 3.63) is 45.4 Å². The molecule has 2 aromatic rings. The number of nitrogens with one attached hydrogen (secondary N) is 1. The Morgan fingerprint density at radius 2 is 2.11 bits per heavy atom. The zero-order valence-electron chi connectivity index (χ0n) is 10.5. The van der Waals surface area contributed by atoms with Crippen molar-refractivity contribution in [1.82, 2.24) is 9.88 Å². The van der Waals surface area contributed by atoms with E-state index in [-0.39, 0.29) is 0 Å². The molecule has 0 saturated carbocycles. The minimum atomic E-state index is 0.591. The Kier molecular flexibility index (Phi) is 4.58. The third kappa shape index (κ3) is 3.70. The third-order valence-electron chi connectivity index (χ3n) is 2.48. The molecule has 0 spiro atoms. The summed E-state index contributed by atoms with van der Waals surface area (Å²) >= 11 is 7.32. The number of thiazole rings is 1. The summed E-state index contributed by atoms with van der Waals surface area (Å²) in [5.41, 5.74) is 2.45. The molecule has 0 radical (unpaired) electrons. The van der Waals surface area contributed by atoms with Gasteiger partial charge in [0.1, 0.15) is 0 Å². The van der Waals surface area contributed by atoms with Gasteiger partial charge in [0, 0.05) is 23.3 Å².